The highest BCUT2D eigenvalue weighted by atomic mass is 16.5. The average Bonchev–Trinajstić information content (AvgIpc) is 1.77. The Hall–Kier alpha value is -0.0800. The van der Waals surface area contributed by atoms with Crippen LogP contribution in [0.15, 0.2) is 0 Å². The molecule has 1 rings (SSSR count). The fraction of sp³-hybridized carbons (Fsp3) is 1.00. The summed E-state index contributed by atoms with van der Waals surface area (Å²) in [4.78, 5) is 0. The van der Waals surface area contributed by atoms with Crippen molar-refractivity contribution in [2.45, 2.75) is 32.2 Å². The molecular formula is C7H15NO. The molecular weight excluding hydrogens is 114 g/mol. The van der Waals surface area contributed by atoms with E-state index < -0.39 is 0 Å². The normalized spacial score (nSPS) is 45.0. The van der Waals surface area contributed by atoms with Gasteiger partial charge in [-0.15, -0.1) is 0 Å². The summed E-state index contributed by atoms with van der Waals surface area (Å²) in [5, 5.41) is 11.4. The van der Waals surface area contributed by atoms with Crippen LogP contribution in [0, 0.1) is 5.21 Å². The van der Waals surface area contributed by atoms with Crippen molar-refractivity contribution in [3.05, 3.63) is 5.21 Å². The van der Waals surface area contributed by atoms with Gasteiger partial charge in [0.15, 0.2) is 0 Å². The van der Waals surface area contributed by atoms with Crippen LogP contribution in [-0.2, 0) is 0 Å². The van der Waals surface area contributed by atoms with Gasteiger partial charge < -0.3 is 9.85 Å². The molecule has 0 radical (unpaired) electrons. The zero-order chi connectivity index (χ0) is 6.91. The molecule has 9 heavy (non-hydrogen) atoms. The van der Waals surface area contributed by atoms with Crippen LogP contribution in [0.1, 0.15) is 26.2 Å². The predicted molar refractivity (Wildman–Crippen MR) is 37.7 cm³/mol. The number of likely N-dealkylation sites (tertiary alicyclic amines) is 1. The van der Waals surface area contributed by atoms with Gasteiger partial charge in [-0.2, -0.15) is 0 Å². The lowest BCUT2D eigenvalue weighted by Gasteiger charge is -2.47. The molecule has 0 aromatic heterocycles. The monoisotopic (exact) mass is 129 g/mol. The molecule has 1 saturated heterocycles. The number of rotatable bonds is 0. The molecule has 0 aromatic rings. The molecule has 54 valence electrons. The van der Waals surface area contributed by atoms with Crippen LogP contribution in [0.5, 0.6) is 0 Å². The Kier molecular flexibility index (Phi) is 1.78. The SMILES string of the molecule is C[C@H]1CCCC[N@@+]1(C)[O-]. The van der Waals surface area contributed by atoms with Crippen molar-refractivity contribution >= 4 is 0 Å². The van der Waals surface area contributed by atoms with E-state index in [1.165, 1.54) is 6.42 Å². The molecule has 1 fully saturated rings. The smallest absolute Gasteiger partial charge is 0.0856 e. The van der Waals surface area contributed by atoms with Crippen LogP contribution in [0.3, 0.4) is 0 Å². The molecule has 2 heteroatoms. The van der Waals surface area contributed by atoms with E-state index in [4.69, 9.17) is 0 Å². The average molecular weight is 129 g/mol. The Balaban J connectivity index is 2.49. The van der Waals surface area contributed by atoms with Gasteiger partial charge in [0.25, 0.3) is 0 Å². The van der Waals surface area contributed by atoms with Crippen molar-refractivity contribution in [3.8, 4) is 0 Å². The fourth-order valence-electron chi connectivity index (χ4n) is 1.36. The molecule has 1 aliphatic rings. The summed E-state index contributed by atoms with van der Waals surface area (Å²) in [6.07, 6.45) is 3.47. The first-order valence-corrected chi connectivity index (χ1v) is 3.69. The van der Waals surface area contributed by atoms with Crippen LogP contribution < -0.4 is 0 Å². The predicted octanol–water partition coefficient (Wildman–Crippen LogP) is 1.50. The van der Waals surface area contributed by atoms with Crippen LogP contribution in [0.2, 0.25) is 0 Å². The summed E-state index contributed by atoms with van der Waals surface area (Å²) in [7, 11) is 1.78. The third kappa shape index (κ3) is 1.43. The van der Waals surface area contributed by atoms with Gasteiger partial charge in [-0.3, -0.25) is 0 Å². The van der Waals surface area contributed by atoms with Crippen molar-refractivity contribution in [3.63, 3.8) is 0 Å². The maximum absolute atomic E-state index is 11.4. The van der Waals surface area contributed by atoms with Crippen molar-refractivity contribution in [1.29, 1.82) is 0 Å². The highest BCUT2D eigenvalue weighted by Crippen LogP contribution is 2.21. The lowest BCUT2D eigenvalue weighted by atomic mass is 10.0. The Labute approximate surface area is 56.6 Å². The second kappa shape index (κ2) is 2.27. The van der Waals surface area contributed by atoms with Gasteiger partial charge in [-0.05, 0) is 26.2 Å². The van der Waals surface area contributed by atoms with Crippen molar-refractivity contribution in [2.75, 3.05) is 13.6 Å². The molecule has 2 nitrogen and oxygen atoms in total. The van der Waals surface area contributed by atoms with Crippen LogP contribution in [0.25, 0.3) is 0 Å². The Morgan fingerprint density at radius 3 is 2.44 bits per heavy atom. The number of quaternary nitrogens is 1. The van der Waals surface area contributed by atoms with Crippen molar-refractivity contribution in [2.24, 2.45) is 0 Å². The van der Waals surface area contributed by atoms with Gasteiger partial charge in [0.1, 0.15) is 0 Å². The first-order valence-electron chi connectivity index (χ1n) is 3.69. The lowest BCUT2D eigenvalue weighted by Crippen LogP contribution is -2.48. The van der Waals surface area contributed by atoms with E-state index in [0.717, 1.165) is 19.4 Å². The minimum absolute atomic E-state index is 0.0139. The minimum Gasteiger partial charge on any atom is -0.633 e. The number of piperidine rings is 1. The third-order valence-electron chi connectivity index (χ3n) is 2.41. The summed E-state index contributed by atoms with van der Waals surface area (Å²) < 4.78 is -0.0139. The Morgan fingerprint density at radius 1 is 1.44 bits per heavy atom. The molecule has 0 spiro atoms. The van der Waals surface area contributed by atoms with Crippen molar-refractivity contribution < 1.29 is 4.65 Å². The zero-order valence-corrected chi connectivity index (χ0v) is 6.26. The van der Waals surface area contributed by atoms with E-state index in [0.29, 0.717) is 6.04 Å². The second-order valence-electron chi connectivity index (χ2n) is 3.24. The van der Waals surface area contributed by atoms with E-state index in [2.05, 4.69) is 0 Å². The number of hydrogen-bond acceptors (Lipinski definition) is 1. The first kappa shape index (κ1) is 7.03. The standard InChI is InChI=1S/C7H15NO/c1-7-5-3-4-6-8(7,2)9/h7H,3-6H2,1-2H3/t7-,8+/m0/s1. The maximum atomic E-state index is 11.4. The summed E-state index contributed by atoms with van der Waals surface area (Å²) in [6, 6.07) is 0.332. The zero-order valence-electron chi connectivity index (χ0n) is 6.26. The quantitative estimate of drug-likeness (QED) is 0.359. The minimum atomic E-state index is -0.0139. The third-order valence-corrected chi connectivity index (χ3v) is 2.41. The highest BCUT2D eigenvalue weighted by molar-refractivity contribution is 4.59. The number of hydrogen-bond donors (Lipinski definition) is 0. The fourth-order valence-corrected chi connectivity index (χ4v) is 1.36. The molecule has 1 heterocycles. The summed E-state index contributed by atoms with van der Waals surface area (Å²) in [6.45, 7) is 2.87. The maximum Gasteiger partial charge on any atom is 0.0856 e. The van der Waals surface area contributed by atoms with Gasteiger partial charge in [0.2, 0.25) is 0 Å². The largest absolute Gasteiger partial charge is 0.633 e. The second-order valence-corrected chi connectivity index (χ2v) is 3.24. The van der Waals surface area contributed by atoms with E-state index >= 15 is 0 Å². The summed E-state index contributed by atoms with van der Waals surface area (Å²) in [5.41, 5.74) is 0. The first-order chi connectivity index (χ1) is 4.13. The van der Waals surface area contributed by atoms with Gasteiger partial charge in [-0.25, -0.2) is 0 Å². The van der Waals surface area contributed by atoms with E-state index in [1.807, 2.05) is 6.92 Å². The van der Waals surface area contributed by atoms with E-state index in [-0.39, 0.29) is 4.65 Å². The molecule has 0 saturated carbocycles. The van der Waals surface area contributed by atoms with E-state index in [9.17, 15) is 5.21 Å². The number of hydroxylamine groups is 3. The number of nitrogens with zero attached hydrogens (tertiary/aromatic N) is 1. The molecule has 0 aromatic carbocycles. The topological polar surface area (TPSA) is 23.1 Å². The van der Waals surface area contributed by atoms with Crippen LogP contribution in [0.4, 0.5) is 0 Å². The van der Waals surface area contributed by atoms with Gasteiger partial charge in [0, 0.05) is 0 Å². The molecule has 0 bridgehead atoms. The van der Waals surface area contributed by atoms with Crippen LogP contribution >= 0.6 is 0 Å². The van der Waals surface area contributed by atoms with Crippen molar-refractivity contribution in [1.82, 2.24) is 0 Å². The summed E-state index contributed by atoms with van der Waals surface area (Å²) >= 11 is 0. The Bertz CT molecular complexity index is 101. The van der Waals surface area contributed by atoms with Gasteiger partial charge in [0.05, 0.1) is 19.6 Å². The Morgan fingerprint density at radius 2 is 2.11 bits per heavy atom. The molecule has 0 amide bonds. The van der Waals surface area contributed by atoms with E-state index in [1.54, 1.807) is 7.05 Å². The molecule has 0 aliphatic carbocycles. The summed E-state index contributed by atoms with van der Waals surface area (Å²) in [5.74, 6) is 0. The molecule has 1 aliphatic heterocycles. The lowest BCUT2D eigenvalue weighted by molar-refractivity contribution is -0.889. The van der Waals surface area contributed by atoms with Crippen LogP contribution in [-0.4, -0.2) is 24.3 Å². The molecule has 0 N–H and O–H groups in total. The van der Waals surface area contributed by atoms with Gasteiger partial charge >= 0.3 is 0 Å². The molecule has 2 atom stereocenters. The highest BCUT2D eigenvalue weighted by Gasteiger charge is 2.23. The van der Waals surface area contributed by atoms with Gasteiger partial charge in [-0.1, -0.05) is 0 Å². The molecule has 0 unspecified atom stereocenters.